The van der Waals surface area contributed by atoms with Gasteiger partial charge in [0.15, 0.2) is 0 Å². The lowest BCUT2D eigenvalue weighted by Gasteiger charge is -2.12. The van der Waals surface area contributed by atoms with E-state index in [0.29, 0.717) is 0 Å². The van der Waals surface area contributed by atoms with Crippen molar-refractivity contribution in [2.24, 2.45) is 5.92 Å². The van der Waals surface area contributed by atoms with E-state index in [1.165, 1.54) is 70.6 Å². The van der Waals surface area contributed by atoms with Gasteiger partial charge in [-0.3, -0.25) is 0 Å². The van der Waals surface area contributed by atoms with Crippen LogP contribution in [0.3, 0.4) is 0 Å². The van der Waals surface area contributed by atoms with Gasteiger partial charge in [-0.05, 0) is 31.6 Å². The van der Waals surface area contributed by atoms with E-state index in [1.54, 1.807) is 0 Å². The van der Waals surface area contributed by atoms with Crippen molar-refractivity contribution < 1.29 is 0 Å². The van der Waals surface area contributed by atoms with Crippen molar-refractivity contribution in [2.45, 2.75) is 77.6 Å². The van der Waals surface area contributed by atoms with Crippen molar-refractivity contribution in [3.8, 4) is 0 Å². The van der Waals surface area contributed by atoms with E-state index < -0.39 is 0 Å². The molecule has 1 aliphatic carbocycles. The minimum absolute atomic E-state index is 0.884. The van der Waals surface area contributed by atoms with Crippen LogP contribution in [0.1, 0.15) is 77.6 Å². The summed E-state index contributed by atoms with van der Waals surface area (Å²) in [5.41, 5.74) is 0. The third-order valence-electron chi connectivity index (χ3n) is 3.51. The molecule has 0 heterocycles. The van der Waals surface area contributed by atoms with Crippen LogP contribution in [0.25, 0.3) is 0 Å². The highest BCUT2D eigenvalue weighted by molar-refractivity contribution is 4.88. The molecular formula is C15H28. The van der Waals surface area contributed by atoms with Gasteiger partial charge in [0.2, 0.25) is 0 Å². The maximum absolute atomic E-state index is 2.51. The molecule has 0 spiro atoms. The molecular weight excluding hydrogens is 180 g/mol. The van der Waals surface area contributed by atoms with Crippen molar-refractivity contribution in [3.05, 3.63) is 12.2 Å². The van der Waals surface area contributed by atoms with Gasteiger partial charge in [-0.2, -0.15) is 0 Å². The molecule has 0 fully saturated rings. The average Bonchev–Trinajstić information content (AvgIpc) is 2.22. The minimum atomic E-state index is 0.884. The third kappa shape index (κ3) is 6.76. The molecule has 1 unspecified atom stereocenters. The number of rotatable bonds is 2. The summed E-state index contributed by atoms with van der Waals surface area (Å²) >= 11 is 0. The number of hydrogen-bond acceptors (Lipinski definition) is 0. The third-order valence-corrected chi connectivity index (χ3v) is 3.51. The Labute approximate surface area is 96.2 Å². The average molecular weight is 208 g/mol. The Morgan fingerprint density at radius 1 is 0.933 bits per heavy atom. The van der Waals surface area contributed by atoms with Crippen LogP contribution < -0.4 is 0 Å². The SMILES string of the molecule is CCCC1C=CCCCCCCCCC1. The van der Waals surface area contributed by atoms with Gasteiger partial charge in [-0.25, -0.2) is 0 Å². The molecule has 0 amide bonds. The molecule has 0 saturated heterocycles. The highest BCUT2D eigenvalue weighted by atomic mass is 14.1. The van der Waals surface area contributed by atoms with Crippen molar-refractivity contribution in [1.82, 2.24) is 0 Å². The highest BCUT2D eigenvalue weighted by Gasteiger charge is 2.03. The summed E-state index contributed by atoms with van der Waals surface area (Å²) < 4.78 is 0. The van der Waals surface area contributed by atoms with Gasteiger partial charge < -0.3 is 0 Å². The van der Waals surface area contributed by atoms with Gasteiger partial charge in [0.1, 0.15) is 0 Å². The Morgan fingerprint density at radius 2 is 1.60 bits per heavy atom. The molecule has 0 aliphatic heterocycles. The first kappa shape index (κ1) is 12.8. The molecule has 88 valence electrons. The molecule has 1 aliphatic rings. The summed E-state index contributed by atoms with van der Waals surface area (Å²) in [7, 11) is 0. The van der Waals surface area contributed by atoms with E-state index in [2.05, 4.69) is 19.1 Å². The van der Waals surface area contributed by atoms with E-state index in [4.69, 9.17) is 0 Å². The fourth-order valence-corrected chi connectivity index (χ4v) is 2.55. The topological polar surface area (TPSA) is 0 Å². The summed E-state index contributed by atoms with van der Waals surface area (Å²) in [6, 6.07) is 0. The predicted octanol–water partition coefficient (Wildman–Crippen LogP) is 5.48. The lowest BCUT2D eigenvalue weighted by molar-refractivity contribution is 0.482. The standard InChI is InChI=1S/C15H28/c1-2-12-15-13-10-8-6-4-3-5-7-9-11-14-15/h10,13,15H,2-9,11-12,14H2,1H3. The molecule has 15 heavy (non-hydrogen) atoms. The molecule has 0 nitrogen and oxygen atoms in total. The van der Waals surface area contributed by atoms with Gasteiger partial charge >= 0.3 is 0 Å². The first-order chi connectivity index (χ1) is 7.43. The highest BCUT2D eigenvalue weighted by Crippen LogP contribution is 2.20. The van der Waals surface area contributed by atoms with E-state index in [1.807, 2.05) is 0 Å². The van der Waals surface area contributed by atoms with Crippen LogP contribution in [-0.2, 0) is 0 Å². The molecule has 0 heteroatoms. The second kappa shape index (κ2) is 9.00. The number of allylic oxidation sites excluding steroid dienone is 2. The molecule has 0 N–H and O–H groups in total. The summed E-state index contributed by atoms with van der Waals surface area (Å²) in [6.45, 7) is 2.31. The number of hydrogen-bond donors (Lipinski definition) is 0. The Kier molecular flexibility index (Phi) is 7.69. The summed E-state index contributed by atoms with van der Waals surface area (Å²) in [4.78, 5) is 0. The quantitative estimate of drug-likeness (QED) is 0.527. The molecule has 0 bridgehead atoms. The van der Waals surface area contributed by atoms with E-state index in [0.717, 1.165) is 5.92 Å². The molecule has 0 aromatic heterocycles. The second-order valence-corrected chi connectivity index (χ2v) is 5.03. The van der Waals surface area contributed by atoms with E-state index >= 15 is 0 Å². The minimum Gasteiger partial charge on any atom is -0.0883 e. The molecule has 0 aromatic carbocycles. The van der Waals surface area contributed by atoms with Crippen LogP contribution in [0.15, 0.2) is 12.2 Å². The molecule has 1 rings (SSSR count). The van der Waals surface area contributed by atoms with Gasteiger partial charge in [0, 0.05) is 0 Å². The zero-order valence-corrected chi connectivity index (χ0v) is 10.5. The molecule has 1 atom stereocenters. The first-order valence-electron chi connectivity index (χ1n) is 7.10. The Bertz CT molecular complexity index is 157. The molecule has 0 saturated carbocycles. The fraction of sp³-hybridized carbons (Fsp3) is 0.867. The summed E-state index contributed by atoms with van der Waals surface area (Å²) in [5, 5.41) is 0. The zero-order valence-electron chi connectivity index (χ0n) is 10.5. The molecule has 0 radical (unpaired) electrons. The van der Waals surface area contributed by atoms with Crippen LogP contribution in [0.4, 0.5) is 0 Å². The van der Waals surface area contributed by atoms with Crippen molar-refractivity contribution in [2.75, 3.05) is 0 Å². The maximum atomic E-state index is 2.51. The van der Waals surface area contributed by atoms with Gasteiger partial charge in [-0.15, -0.1) is 0 Å². The van der Waals surface area contributed by atoms with Crippen LogP contribution in [0.5, 0.6) is 0 Å². The largest absolute Gasteiger partial charge is 0.0883 e. The Balaban J connectivity index is 2.30. The van der Waals surface area contributed by atoms with Crippen LogP contribution in [0.2, 0.25) is 0 Å². The lowest BCUT2D eigenvalue weighted by Crippen LogP contribution is -1.96. The molecule has 0 aromatic rings. The van der Waals surface area contributed by atoms with Crippen LogP contribution in [-0.4, -0.2) is 0 Å². The van der Waals surface area contributed by atoms with Crippen molar-refractivity contribution in [1.29, 1.82) is 0 Å². The smallest absolute Gasteiger partial charge is 0.0234 e. The van der Waals surface area contributed by atoms with Crippen LogP contribution in [0, 0.1) is 5.92 Å². The summed E-state index contributed by atoms with van der Waals surface area (Å²) in [6.07, 6.45) is 20.6. The van der Waals surface area contributed by atoms with Gasteiger partial charge in [-0.1, -0.05) is 64.0 Å². The lowest BCUT2D eigenvalue weighted by atomic mass is 9.94. The van der Waals surface area contributed by atoms with E-state index in [9.17, 15) is 0 Å². The van der Waals surface area contributed by atoms with Crippen molar-refractivity contribution >= 4 is 0 Å². The Hall–Kier alpha value is -0.260. The van der Waals surface area contributed by atoms with E-state index in [-0.39, 0.29) is 0 Å². The monoisotopic (exact) mass is 208 g/mol. The van der Waals surface area contributed by atoms with Crippen LogP contribution >= 0.6 is 0 Å². The van der Waals surface area contributed by atoms with Crippen molar-refractivity contribution in [3.63, 3.8) is 0 Å². The fourth-order valence-electron chi connectivity index (χ4n) is 2.55. The second-order valence-electron chi connectivity index (χ2n) is 5.03. The first-order valence-corrected chi connectivity index (χ1v) is 7.10. The summed E-state index contributed by atoms with van der Waals surface area (Å²) in [5.74, 6) is 0.884. The zero-order chi connectivity index (χ0) is 10.8. The Morgan fingerprint density at radius 3 is 2.33 bits per heavy atom. The predicted molar refractivity (Wildman–Crippen MR) is 69.1 cm³/mol. The maximum Gasteiger partial charge on any atom is -0.0234 e. The van der Waals surface area contributed by atoms with Gasteiger partial charge in [0.25, 0.3) is 0 Å². The normalized spacial score (nSPS) is 25.5. The van der Waals surface area contributed by atoms with Gasteiger partial charge in [0.05, 0.1) is 0 Å².